The van der Waals surface area contributed by atoms with Crippen LogP contribution in [0.3, 0.4) is 0 Å². The molecule has 4 aromatic carbocycles. The molecule has 222 valence electrons. The van der Waals surface area contributed by atoms with Gasteiger partial charge in [-0.1, -0.05) is 60.7 Å². The lowest BCUT2D eigenvalue weighted by atomic mass is 10.0. The van der Waals surface area contributed by atoms with Crippen LogP contribution in [0.15, 0.2) is 114 Å². The summed E-state index contributed by atoms with van der Waals surface area (Å²) in [4.78, 5) is 17.9. The van der Waals surface area contributed by atoms with E-state index in [0.29, 0.717) is 11.1 Å². The number of imidazole rings is 1. The summed E-state index contributed by atoms with van der Waals surface area (Å²) in [6.07, 6.45) is 0.780. The zero-order chi connectivity index (χ0) is 31.4. The van der Waals surface area contributed by atoms with Gasteiger partial charge in [0, 0.05) is 42.6 Å². The second kappa shape index (κ2) is 11.1. The van der Waals surface area contributed by atoms with Gasteiger partial charge in [0.25, 0.3) is 0 Å². The Morgan fingerprint density at radius 1 is 0.609 bits per heavy atom. The van der Waals surface area contributed by atoms with E-state index >= 15 is 0 Å². The van der Waals surface area contributed by atoms with Crippen molar-refractivity contribution in [3.05, 3.63) is 131 Å². The quantitative estimate of drug-likeness (QED) is 0.0886. The molecular weight excluding hydrogens is 607 g/mol. The summed E-state index contributed by atoms with van der Waals surface area (Å²) < 4.78 is 0. The summed E-state index contributed by atoms with van der Waals surface area (Å²) in [5.74, 6) is 0.886. The number of aliphatic imine (C=N–C) groups is 1. The van der Waals surface area contributed by atoms with Crippen molar-refractivity contribution < 1.29 is 0 Å². The average molecular weight is 634 g/mol. The number of H-pyrrole nitrogens is 1. The van der Waals surface area contributed by atoms with Crippen LogP contribution in [0, 0.1) is 10.8 Å². The molecule has 0 spiro atoms. The lowest BCUT2D eigenvalue weighted by Gasteiger charge is -2.03. The molecule has 3 aromatic heterocycles. The zero-order valence-corrected chi connectivity index (χ0v) is 26.1. The molecule has 4 heterocycles. The Morgan fingerprint density at radius 3 is 1.78 bits per heavy atom. The highest BCUT2D eigenvalue weighted by Crippen LogP contribution is 2.41. The molecule has 0 radical (unpaired) electrons. The van der Waals surface area contributed by atoms with Gasteiger partial charge >= 0.3 is 0 Å². The van der Waals surface area contributed by atoms with Crippen LogP contribution in [0.2, 0.25) is 0 Å². The summed E-state index contributed by atoms with van der Waals surface area (Å²) in [5, 5.41) is 15.4. The Kier molecular flexibility index (Phi) is 6.70. The Morgan fingerprint density at radius 2 is 1.15 bits per heavy atom. The van der Waals surface area contributed by atoms with E-state index in [2.05, 4.69) is 77.8 Å². The van der Waals surface area contributed by atoms with Gasteiger partial charge in [-0.2, -0.15) is 0 Å². The maximum Gasteiger partial charge on any atom is 0.138 e. The standard InChI is InChI=1S/C37H27N7S2/c38-35(39)25-10-9-24-17-28(42-29(24)18-25)20-1-3-21(4-2-20)31-13-15-33(45-31)34-16-14-32(46-34)22-5-7-23(8-6-22)37-43-27-12-11-26(36(40)41)19-30(27)44-37/h1-16,18-19H,17H2,(H3,38,39)(H3,40,41)(H,43,44). The highest BCUT2D eigenvalue weighted by Gasteiger charge is 2.18. The number of nitrogens with zero attached hydrogens (tertiary/aromatic N) is 2. The van der Waals surface area contributed by atoms with E-state index in [1.54, 1.807) is 22.7 Å². The second-order valence-corrected chi connectivity index (χ2v) is 13.4. The largest absolute Gasteiger partial charge is 0.384 e. The predicted octanol–water partition coefficient (Wildman–Crippen LogP) is 8.60. The molecule has 9 heteroatoms. The molecule has 0 bridgehead atoms. The zero-order valence-electron chi connectivity index (χ0n) is 24.5. The summed E-state index contributed by atoms with van der Waals surface area (Å²) in [7, 11) is 0. The highest BCUT2D eigenvalue weighted by molar-refractivity contribution is 7.25. The second-order valence-electron chi connectivity index (χ2n) is 11.2. The van der Waals surface area contributed by atoms with Crippen LogP contribution in [-0.4, -0.2) is 27.4 Å². The van der Waals surface area contributed by atoms with Crippen molar-refractivity contribution >= 4 is 56.8 Å². The van der Waals surface area contributed by atoms with Crippen molar-refractivity contribution in [1.29, 1.82) is 10.8 Å². The fourth-order valence-corrected chi connectivity index (χ4v) is 7.81. The minimum absolute atomic E-state index is 0.0352. The van der Waals surface area contributed by atoms with Crippen molar-refractivity contribution in [3.8, 4) is 42.0 Å². The summed E-state index contributed by atoms with van der Waals surface area (Å²) in [6.45, 7) is 0. The summed E-state index contributed by atoms with van der Waals surface area (Å²) in [5.41, 5.74) is 21.9. The third-order valence-corrected chi connectivity index (χ3v) is 10.7. The van der Waals surface area contributed by atoms with E-state index in [1.807, 2.05) is 36.4 Å². The monoisotopic (exact) mass is 633 g/mol. The fraction of sp³-hybridized carbons (Fsp3) is 0.0270. The van der Waals surface area contributed by atoms with Crippen LogP contribution in [0.1, 0.15) is 22.3 Å². The Balaban J connectivity index is 0.972. The Bertz CT molecular complexity index is 2340. The Labute approximate surface area is 273 Å². The molecule has 1 aliphatic rings. The first-order valence-electron chi connectivity index (χ1n) is 14.7. The first kappa shape index (κ1) is 27.9. The number of benzene rings is 4. The number of nitrogens with one attached hydrogen (secondary N) is 3. The van der Waals surface area contributed by atoms with Crippen LogP contribution in [0.25, 0.3) is 53.1 Å². The third kappa shape index (κ3) is 5.11. The molecule has 1 aliphatic heterocycles. The number of hydrogen-bond acceptors (Lipinski definition) is 6. The molecule has 0 atom stereocenters. The molecule has 7 aromatic rings. The van der Waals surface area contributed by atoms with Gasteiger partial charge in [0.15, 0.2) is 0 Å². The predicted molar refractivity (Wildman–Crippen MR) is 192 cm³/mol. The number of aromatic amines is 1. The van der Waals surface area contributed by atoms with E-state index in [0.717, 1.165) is 56.9 Å². The number of amidine groups is 2. The minimum Gasteiger partial charge on any atom is -0.384 e. The molecule has 0 unspecified atom stereocenters. The molecule has 0 aliphatic carbocycles. The van der Waals surface area contributed by atoms with Crippen molar-refractivity contribution in [2.24, 2.45) is 16.5 Å². The molecule has 7 nitrogen and oxygen atoms in total. The number of aromatic nitrogens is 2. The number of rotatable bonds is 7. The van der Waals surface area contributed by atoms with Crippen molar-refractivity contribution in [2.45, 2.75) is 6.42 Å². The van der Waals surface area contributed by atoms with E-state index in [1.165, 1.54) is 25.1 Å². The maximum atomic E-state index is 7.70. The van der Waals surface area contributed by atoms with Gasteiger partial charge in [-0.05, 0) is 70.8 Å². The SMILES string of the molecule is N=C(N)c1ccc2c(c1)N=C(c1ccc(-c3ccc(-c4ccc(-c5ccc(-c6nc7cc(C(=N)N)ccc7[nH]6)cc5)s4)s3)cc1)C2. The van der Waals surface area contributed by atoms with Gasteiger partial charge in [-0.15, -0.1) is 22.7 Å². The number of nitrogen functional groups attached to an aromatic ring is 2. The number of nitrogens with two attached hydrogens (primary N) is 2. The van der Waals surface area contributed by atoms with E-state index < -0.39 is 0 Å². The topological polar surface area (TPSA) is 141 Å². The van der Waals surface area contributed by atoms with Gasteiger partial charge in [-0.25, -0.2) is 4.98 Å². The summed E-state index contributed by atoms with van der Waals surface area (Å²) in [6, 6.07) is 37.2. The van der Waals surface area contributed by atoms with Crippen molar-refractivity contribution in [2.75, 3.05) is 0 Å². The normalized spacial score (nSPS) is 12.3. The molecular formula is C37H27N7S2. The minimum atomic E-state index is 0.0352. The molecule has 7 N–H and O–H groups in total. The number of hydrogen-bond donors (Lipinski definition) is 5. The van der Waals surface area contributed by atoms with Crippen LogP contribution >= 0.6 is 22.7 Å². The summed E-state index contributed by atoms with van der Waals surface area (Å²) >= 11 is 3.59. The molecule has 0 amide bonds. The van der Waals surface area contributed by atoms with Crippen LogP contribution < -0.4 is 11.5 Å². The van der Waals surface area contributed by atoms with Gasteiger partial charge in [0.1, 0.15) is 17.5 Å². The average Bonchev–Trinajstić information content (AvgIpc) is 3.89. The van der Waals surface area contributed by atoms with Gasteiger partial charge < -0.3 is 16.5 Å². The molecule has 0 fully saturated rings. The smallest absolute Gasteiger partial charge is 0.138 e. The van der Waals surface area contributed by atoms with Gasteiger partial charge in [0.2, 0.25) is 0 Å². The molecule has 46 heavy (non-hydrogen) atoms. The third-order valence-electron chi connectivity index (χ3n) is 8.20. The molecule has 0 saturated heterocycles. The lowest BCUT2D eigenvalue weighted by Crippen LogP contribution is -2.10. The van der Waals surface area contributed by atoms with Gasteiger partial charge in [-0.3, -0.25) is 15.8 Å². The molecule has 8 rings (SSSR count). The maximum absolute atomic E-state index is 7.70. The van der Waals surface area contributed by atoms with Crippen molar-refractivity contribution in [1.82, 2.24) is 9.97 Å². The van der Waals surface area contributed by atoms with Crippen LogP contribution in [0.5, 0.6) is 0 Å². The first-order valence-corrected chi connectivity index (χ1v) is 16.3. The highest BCUT2D eigenvalue weighted by atomic mass is 32.1. The number of thiophene rings is 2. The molecule has 0 saturated carbocycles. The number of fused-ring (bicyclic) bond motifs is 2. The van der Waals surface area contributed by atoms with Crippen LogP contribution in [-0.2, 0) is 6.42 Å². The van der Waals surface area contributed by atoms with Crippen molar-refractivity contribution in [3.63, 3.8) is 0 Å². The van der Waals surface area contributed by atoms with Gasteiger partial charge in [0.05, 0.1) is 22.4 Å². The Hall–Kier alpha value is -5.64. The van der Waals surface area contributed by atoms with E-state index in [9.17, 15) is 0 Å². The lowest BCUT2D eigenvalue weighted by molar-refractivity contribution is 1.34. The van der Waals surface area contributed by atoms with Crippen LogP contribution in [0.4, 0.5) is 5.69 Å². The van der Waals surface area contributed by atoms with E-state index in [4.69, 9.17) is 32.3 Å². The first-order chi connectivity index (χ1) is 22.4. The fourth-order valence-electron chi connectivity index (χ4n) is 5.70. The van der Waals surface area contributed by atoms with E-state index in [-0.39, 0.29) is 11.7 Å².